The van der Waals surface area contributed by atoms with Gasteiger partial charge in [0, 0.05) is 24.1 Å². The Labute approximate surface area is 129 Å². The summed E-state index contributed by atoms with van der Waals surface area (Å²) in [4.78, 5) is 0.340. The average Bonchev–Trinajstić information content (AvgIpc) is 2.41. The van der Waals surface area contributed by atoms with E-state index in [0.29, 0.717) is 34.9 Å². The van der Waals surface area contributed by atoms with Crippen molar-refractivity contribution in [2.24, 2.45) is 11.7 Å². The number of hydrogen-bond acceptors (Lipinski definition) is 3. The van der Waals surface area contributed by atoms with Gasteiger partial charge in [0.1, 0.15) is 0 Å². The van der Waals surface area contributed by atoms with Crippen LogP contribution in [0, 0.1) is 12.8 Å². The maximum Gasteiger partial charge on any atom is 0.244 e. The number of aryl methyl sites for hydroxylation is 1. The van der Waals surface area contributed by atoms with Crippen molar-refractivity contribution < 1.29 is 8.42 Å². The standard InChI is InChI=1S/C14H21BrN2O2S/c1-10-4-3-5-17(9-10)20(18,19)13-7-12(8-16)6-11(2)14(13)15/h6-7,10H,3-5,8-9,16H2,1-2H3. The average molecular weight is 361 g/mol. The Bertz CT molecular complexity index is 601. The Morgan fingerprint density at radius 1 is 1.45 bits per heavy atom. The molecule has 1 heterocycles. The molecular weight excluding hydrogens is 340 g/mol. The third kappa shape index (κ3) is 3.08. The highest BCUT2D eigenvalue weighted by Crippen LogP contribution is 2.31. The molecule has 1 unspecified atom stereocenters. The molecule has 4 nitrogen and oxygen atoms in total. The van der Waals surface area contributed by atoms with Crippen LogP contribution in [-0.4, -0.2) is 25.8 Å². The summed E-state index contributed by atoms with van der Waals surface area (Å²) in [5.74, 6) is 0.413. The Balaban J connectivity index is 2.46. The van der Waals surface area contributed by atoms with Gasteiger partial charge >= 0.3 is 0 Å². The SMILES string of the molecule is Cc1cc(CN)cc(S(=O)(=O)N2CCCC(C)C2)c1Br. The molecule has 1 aliphatic rings. The Morgan fingerprint density at radius 2 is 2.15 bits per heavy atom. The lowest BCUT2D eigenvalue weighted by atomic mass is 10.0. The lowest BCUT2D eigenvalue weighted by Gasteiger charge is -2.30. The molecule has 0 aromatic heterocycles. The van der Waals surface area contributed by atoms with Crippen molar-refractivity contribution >= 4 is 26.0 Å². The number of nitrogens with zero attached hydrogens (tertiary/aromatic N) is 1. The molecule has 1 atom stereocenters. The van der Waals surface area contributed by atoms with Crippen molar-refractivity contribution in [1.82, 2.24) is 4.31 Å². The van der Waals surface area contributed by atoms with E-state index in [0.717, 1.165) is 24.0 Å². The summed E-state index contributed by atoms with van der Waals surface area (Å²) in [6, 6.07) is 3.60. The van der Waals surface area contributed by atoms with Gasteiger partial charge in [-0.1, -0.05) is 13.0 Å². The second-order valence-electron chi connectivity index (χ2n) is 5.54. The fourth-order valence-electron chi connectivity index (χ4n) is 2.62. The summed E-state index contributed by atoms with van der Waals surface area (Å²) in [5.41, 5.74) is 7.40. The van der Waals surface area contributed by atoms with Crippen molar-refractivity contribution in [3.8, 4) is 0 Å². The summed E-state index contributed by atoms with van der Waals surface area (Å²) in [6.45, 7) is 5.53. The second-order valence-corrected chi connectivity index (χ2v) is 8.24. The van der Waals surface area contributed by atoms with Gasteiger partial charge in [0.2, 0.25) is 10.0 Å². The Kier molecular flexibility index (Phi) is 4.89. The van der Waals surface area contributed by atoms with E-state index in [9.17, 15) is 8.42 Å². The molecule has 1 fully saturated rings. The summed E-state index contributed by atoms with van der Waals surface area (Å²) in [7, 11) is -3.45. The van der Waals surface area contributed by atoms with Crippen LogP contribution in [0.25, 0.3) is 0 Å². The van der Waals surface area contributed by atoms with Crippen molar-refractivity contribution in [2.45, 2.75) is 38.1 Å². The first-order valence-electron chi connectivity index (χ1n) is 6.85. The number of sulfonamides is 1. The zero-order valence-electron chi connectivity index (χ0n) is 11.9. The number of halogens is 1. The van der Waals surface area contributed by atoms with Crippen LogP contribution >= 0.6 is 15.9 Å². The van der Waals surface area contributed by atoms with Gasteiger partial charge in [-0.2, -0.15) is 4.31 Å². The zero-order chi connectivity index (χ0) is 14.9. The predicted octanol–water partition coefficient (Wildman–Crippen LogP) is 2.64. The van der Waals surface area contributed by atoms with E-state index in [4.69, 9.17) is 5.73 Å². The van der Waals surface area contributed by atoms with Crippen molar-refractivity contribution in [1.29, 1.82) is 0 Å². The number of hydrogen-bond donors (Lipinski definition) is 1. The molecule has 2 N–H and O–H groups in total. The summed E-state index contributed by atoms with van der Waals surface area (Å²) in [6.07, 6.45) is 2.02. The third-order valence-corrected chi connectivity index (χ3v) is 6.96. The molecule has 20 heavy (non-hydrogen) atoms. The number of benzene rings is 1. The number of nitrogens with two attached hydrogens (primary N) is 1. The van der Waals surface area contributed by atoms with E-state index in [-0.39, 0.29) is 0 Å². The summed E-state index contributed by atoms with van der Waals surface area (Å²) in [5, 5.41) is 0. The first kappa shape index (κ1) is 15.9. The minimum Gasteiger partial charge on any atom is -0.326 e. The topological polar surface area (TPSA) is 63.4 Å². The Morgan fingerprint density at radius 3 is 2.75 bits per heavy atom. The van der Waals surface area contributed by atoms with Crippen molar-refractivity contribution in [2.75, 3.05) is 13.1 Å². The lowest BCUT2D eigenvalue weighted by molar-refractivity contribution is 0.281. The molecule has 1 aromatic carbocycles. The highest BCUT2D eigenvalue weighted by atomic mass is 79.9. The minimum absolute atomic E-state index is 0.340. The van der Waals surface area contributed by atoms with E-state index >= 15 is 0 Å². The van der Waals surface area contributed by atoms with Crippen LogP contribution in [-0.2, 0) is 16.6 Å². The van der Waals surface area contributed by atoms with Gasteiger partial charge in [-0.15, -0.1) is 0 Å². The zero-order valence-corrected chi connectivity index (χ0v) is 14.3. The Hall–Kier alpha value is -0.430. The largest absolute Gasteiger partial charge is 0.326 e. The molecule has 0 saturated carbocycles. The summed E-state index contributed by atoms with van der Waals surface area (Å²) >= 11 is 3.41. The van der Waals surface area contributed by atoms with Crippen LogP contribution < -0.4 is 5.73 Å². The van der Waals surface area contributed by atoms with Crippen LogP contribution in [0.3, 0.4) is 0 Å². The highest BCUT2D eigenvalue weighted by Gasteiger charge is 2.30. The molecule has 0 bridgehead atoms. The van der Waals surface area contributed by atoms with Gasteiger partial charge in [-0.3, -0.25) is 0 Å². The van der Waals surface area contributed by atoms with E-state index < -0.39 is 10.0 Å². The maximum absolute atomic E-state index is 12.8. The van der Waals surface area contributed by atoms with Gasteiger partial charge in [0.05, 0.1) is 4.90 Å². The second kappa shape index (κ2) is 6.13. The van der Waals surface area contributed by atoms with Gasteiger partial charge in [0.25, 0.3) is 0 Å². The molecule has 1 aliphatic heterocycles. The monoisotopic (exact) mass is 360 g/mol. The van der Waals surface area contributed by atoms with Gasteiger partial charge in [-0.25, -0.2) is 8.42 Å². The predicted molar refractivity (Wildman–Crippen MR) is 83.9 cm³/mol. The maximum atomic E-state index is 12.8. The number of rotatable bonds is 3. The smallest absolute Gasteiger partial charge is 0.244 e. The fourth-order valence-corrected chi connectivity index (χ4v) is 5.25. The molecule has 2 rings (SSSR count). The van der Waals surface area contributed by atoms with E-state index in [1.54, 1.807) is 10.4 Å². The van der Waals surface area contributed by atoms with E-state index in [1.807, 2.05) is 13.0 Å². The van der Waals surface area contributed by atoms with E-state index in [1.165, 1.54) is 0 Å². The quantitative estimate of drug-likeness (QED) is 0.900. The van der Waals surface area contributed by atoms with Crippen LogP contribution in [0.15, 0.2) is 21.5 Å². The third-order valence-electron chi connectivity index (χ3n) is 3.75. The van der Waals surface area contributed by atoms with Crippen LogP contribution in [0.4, 0.5) is 0 Å². The molecular formula is C14H21BrN2O2S. The van der Waals surface area contributed by atoms with Crippen LogP contribution in [0.2, 0.25) is 0 Å². The highest BCUT2D eigenvalue weighted by molar-refractivity contribution is 9.10. The molecule has 112 valence electrons. The van der Waals surface area contributed by atoms with Crippen LogP contribution in [0.5, 0.6) is 0 Å². The summed E-state index contributed by atoms with van der Waals surface area (Å²) < 4.78 is 27.9. The molecule has 6 heteroatoms. The van der Waals surface area contributed by atoms with Gasteiger partial charge in [-0.05, 0) is 58.8 Å². The lowest BCUT2D eigenvalue weighted by Crippen LogP contribution is -2.39. The number of piperidine rings is 1. The fraction of sp³-hybridized carbons (Fsp3) is 0.571. The van der Waals surface area contributed by atoms with Crippen molar-refractivity contribution in [3.05, 3.63) is 27.7 Å². The van der Waals surface area contributed by atoms with Gasteiger partial charge in [0.15, 0.2) is 0 Å². The van der Waals surface area contributed by atoms with Crippen molar-refractivity contribution in [3.63, 3.8) is 0 Å². The molecule has 0 radical (unpaired) electrons. The molecule has 0 amide bonds. The van der Waals surface area contributed by atoms with E-state index in [2.05, 4.69) is 22.9 Å². The molecule has 0 aliphatic carbocycles. The minimum atomic E-state index is -3.45. The first-order chi connectivity index (χ1) is 9.36. The normalized spacial score (nSPS) is 21.1. The first-order valence-corrected chi connectivity index (χ1v) is 9.08. The van der Waals surface area contributed by atoms with Gasteiger partial charge < -0.3 is 5.73 Å². The molecule has 1 saturated heterocycles. The molecule has 1 aromatic rings. The molecule has 0 spiro atoms. The van der Waals surface area contributed by atoms with Crippen LogP contribution in [0.1, 0.15) is 30.9 Å².